The lowest BCUT2D eigenvalue weighted by Crippen LogP contribution is -2.14. The maximum atomic E-state index is 5.33. The van der Waals surface area contributed by atoms with Gasteiger partial charge in [-0.1, -0.05) is 0 Å². The van der Waals surface area contributed by atoms with Gasteiger partial charge in [0.2, 0.25) is 0 Å². The highest BCUT2D eigenvalue weighted by molar-refractivity contribution is 5.40. The van der Waals surface area contributed by atoms with Crippen LogP contribution in [0.4, 0.5) is 0 Å². The zero-order valence-corrected chi connectivity index (χ0v) is 11.1. The van der Waals surface area contributed by atoms with Crippen LogP contribution in [0.25, 0.3) is 0 Å². The van der Waals surface area contributed by atoms with Crippen LogP contribution in [0, 0.1) is 0 Å². The van der Waals surface area contributed by atoms with E-state index in [1.165, 1.54) is 0 Å². The van der Waals surface area contributed by atoms with E-state index in [1.54, 1.807) is 26.7 Å². The lowest BCUT2D eigenvalue weighted by atomic mass is 10.2. The molecule has 0 unspecified atom stereocenters. The summed E-state index contributed by atoms with van der Waals surface area (Å²) >= 11 is 0. The Hall–Kier alpha value is -2.14. The van der Waals surface area contributed by atoms with Gasteiger partial charge in [0, 0.05) is 24.8 Å². The molecule has 0 radical (unpaired) electrons. The number of rotatable bonds is 6. The lowest BCUT2D eigenvalue weighted by molar-refractivity contribution is 0.397. The molecule has 1 aromatic carbocycles. The SMILES string of the molecule is COc1ccc(OC)c(CNCc2ccncn2)c1. The number of ether oxygens (including phenoxy) is 2. The van der Waals surface area contributed by atoms with Crippen LogP contribution in [-0.2, 0) is 13.1 Å². The van der Waals surface area contributed by atoms with Gasteiger partial charge in [-0.05, 0) is 24.3 Å². The first kappa shape index (κ1) is 13.3. The molecule has 2 rings (SSSR count). The summed E-state index contributed by atoms with van der Waals surface area (Å²) in [5.74, 6) is 1.66. The van der Waals surface area contributed by atoms with E-state index in [4.69, 9.17) is 9.47 Å². The van der Waals surface area contributed by atoms with Crippen molar-refractivity contribution in [2.24, 2.45) is 0 Å². The Morgan fingerprint density at radius 3 is 2.68 bits per heavy atom. The molecule has 0 saturated heterocycles. The van der Waals surface area contributed by atoms with Gasteiger partial charge in [0.1, 0.15) is 17.8 Å². The van der Waals surface area contributed by atoms with E-state index in [0.717, 1.165) is 22.8 Å². The van der Waals surface area contributed by atoms with Crippen LogP contribution in [-0.4, -0.2) is 24.2 Å². The van der Waals surface area contributed by atoms with Crippen molar-refractivity contribution < 1.29 is 9.47 Å². The minimum absolute atomic E-state index is 0.683. The number of hydrogen-bond donors (Lipinski definition) is 1. The van der Waals surface area contributed by atoms with E-state index in [-0.39, 0.29) is 0 Å². The number of hydrogen-bond acceptors (Lipinski definition) is 5. The molecule has 0 aliphatic heterocycles. The van der Waals surface area contributed by atoms with Gasteiger partial charge in [-0.3, -0.25) is 0 Å². The molecule has 0 fully saturated rings. The molecule has 0 bridgehead atoms. The molecule has 0 atom stereocenters. The Morgan fingerprint density at radius 2 is 2.00 bits per heavy atom. The Labute approximate surface area is 112 Å². The van der Waals surface area contributed by atoms with E-state index < -0.39 is 0 Å². The molecule has 1 aromatic heterocycles. The fourth-order valence-corrected chi connectivity index (χ4v) is 1.77. The number of methoxy groups -OCH3 is 2. The molecule has 0 spiro atoms. The Morgan fingerprint density at radius 1 is 1.11 bits per heavy atom. The molecule has 2 aromatic rings. The first-order chi connectivity index (χ1) is 9.33. The van der Waals surface area contributed by atoms with Crippen LogP contribution < -0.4 is 14.8 Å². The van der Waals surface area contributed by atoms with Crippen molar-refractivity contribution >= 4 is 0 Å². The average Bonchev–Trinajstić information content (AvgIpc) is 2.48. The third-order valence-electron chi connectivity index (χ3n) is 2.75. The third kappa shape index (κ3) is 3.66. The van der Waals surface area contributed by atoms with Crippen molar-refractivity contribution in [3.8, 4) is 11.5 Å². The van der Waals surface area contributed by atoms with Gasteiger partial charge >= 0.3 is 0 Å². The number of nitrogens with one attached hydrogen (secondary N) is 1. The number of nitrogens with zero attached hydrogens (tertiary/aromatic N) is 2. The van der Waals surface area contributed by atoms with Gasteiger partial charge in [-0.15, -0.1) is 0 Å². The van der Waals surface area contributed by atoms with Gasteiger partial charge in [-0.2, -0.15) is 0 Å². The third-order valence-corrected chi connectivity index (χ3v) is 2.75. The highest BCUT2D eigenvalue weighted by atomic mass is 16.5. The Kier molecular flexibility index (Phi) is 4.69. The van der Waals surface area contributed by atoms with Crippen LogP contribution in [0.1, 0.15) is 11.3 Å². The van der Waals surface area contributed by atoms with Crippen molar-refractivity contribution in [2.75, 3.05) is 14.2 Å². The maximum absolute atomic E-state index is 5.33. The zero-order chi connectivity index (χ0) is 13.5. The Bertz CT molecular complexity index is 517. The fraction of sp³-hybridized carbons (Fsp3) is 0.286. The first-order valence-electron chi connectivity index (χ1n) is 6.00. The summed E-state index contributed by atoms with van der Waals surface area (Å²) in [7, 11) is 3.32. The van der Waals surface area contributed by atoms with Crippen LogP contribution >= 0.6 is 0 Å². The molecule has 100 valence electrons. The fourth-order valence-electron chi connectivity index (χ4n) is 1.77. The minimum Gasteiger partial charge on any atom is -0.497 e. The molecule has 5 heteroatoms. The van der Waals surface area contributed by atoms with E-state index in [0.29, 0.717) is 13.1 Å². The monoisotopic (exact) mass is 259 g/mol. The molecule has 0 saturated carbocycles. The lowest BCUT2D eigenvalue weighted by Gasteiger charge is -2.11. The van der Waals surface area contributed by atoms with Gasteiger partial charge in [-0.25, -0.2) is 9.97 Å². The molecule has 1 N–H and O–H groups in total. The first-order valence-corrected chi connectivity index (χ1v) is 6.00. The van der Waals surface area contributed by atoms with Gasteiger partial charge in [0.25, 0.3) is 0 Å². The summed E-state index contributed by atoms with van der Waals surface area (Å²) in [6.45, 7) is 1.37. The highest BCUT2D eigenvalue weighted by Gasteiger charge is 2.04. The predicted molar refractivity (Wildman–Crippen MR) is 72.1 cm³/mol. The summed E-state index contributed by atoms with van der Waals surface area (Å²) in [4.78, 5) is 8.04. The van der Waals surface area contributed by atoms with Gasteiger partial charge in [0.15, 0.2) is 0 Å². The summed E-state index contributed by atoms with van der Waals surface area (Å²) in [5, 5.41) is 3.32. The topological polar surface area (TPSA) is 56.3 Å². The van der Waals surface area contributed by atoms with Crippen LogP contribution in [0.5, 0.6) is 11.5 Å². The zero-order valence-electron chi connectivity index (χ0n) is 11.1. The van der Waals surface area contributed by atoms with E-state index in [1.807, 2.05) is 24.3 Å². The molecule has 19 heavy (non-hydrogen) atoms. The second kappa shape index (κ2) is 6.70. The standard InChI is InChI=1S/C14H17N3O2/c1-18-13-3-4-14(19-2)11(7-13)8-16-9-12-5-6-15-10-17-12/h3-7,10,16H,8-9H2,1-2H3. The molecule has 0 aliphatic rings. The molecular weight excluding hydrogens is 242 g/mol. The largest absolute Gasteiger partial charge is 0.497 e. The molecular formula is C14H17N3O2. The highest BCUT2D eigenvalue weighted by Crippen LogP contribution is 2.23. The smallest absolute Gasteiger partial charge is 0.123 e. The van der Waals surface area contributed by atoms with Crippen LogP contribution in [0.3, 0.4) is 0 Å². The Balaban J connectivity index is 1.98. The predicted octanol–water partition coefficient (Wildman–Crippen LogP) is 1.78. The normalized spacial score (nSPS) is 10.2. The van der Waals surface area contributed by atoms with E-state index >= 15 is 0 Å². The van der Waals surface area contributed by atoms with Crippen molar-refractivity contribution in [1.29, 1.82) is 0 Å². The van der Waals surface area contributed by atoms with Crippen molar-refractivity contribution in [1.82, 2.24) is 15.3 Å². The number of aromatic nitrogens is 2. The molecule has 0 amide bonds. The maximum Gasteiger partial charge on any atom is 0.123 e. The van der Waals surface area contributed by atoms with Crippen molar-refractivity contribution in [2.45, 2.75) is 13.1 Å². The quantitative estimate of drug-likeness (QED) is 0.857. The second-order valence-corrected chi connectivity index (χ2v) is 3.98. The average molecular weight is 259 g/mol. The minimum atomic E-state index is 0.683. The summed E-state index contributed by atoms with van der Waals surface area (Å²) in [6.07, 6.45) is 3.28. The summed E-state index contributed by atoms with van der Waals surface area (Å²) < 4.78 is 10.5. The van der Waals surface area contributed by atoms with Crippen molar-refractivity contribution in [3.05, 3.63) is 48.0 Å². The van der Waals surface area contributed by atoms with Crippen LogP contribution in [0.2, 0.25) is 0 Å². The van der Waals surface area contributed by atoms with Crippen molar-refractivity contribution in [3.63, 3.8) is 0 Å². The summed E-state index contributed by atoms with van der Waals surface area (Å²) in [5.41, 5.74) is 2.01. The molecule has 1 heterocycles. The van der Waals surface area contributed by atoms with E-state index in [9.17, 15) is 0 Å². The van der Waals surface area contributed by atoms with Gasteiger partial charge in [0.05, 0.1) is 19.9 Å². The van der Waals surface area contributed by atoms with Crippen LogP contribution in [0.15, 0.2) is 36.8 Å². The summed E-state index contributed by atoms with van der Waals surface area (Å²) in [6, 6.07) is 7.63. The second-order valence-electron chi connectivity index (χ2n) is 3.98. The molecule has 0 aliphatic carbocycles. The number of benzene rings is 1. The van der Waals surface area contributed by atoms with Gasteiger partial charge < -0.3 is 14.8 Å². The molecule has 5 nitrogen and oxygen atoms in total. The van der Waals surface area contributed by atoms with E-state index in [2.05, 4.69) is 15.3 Å².